The standard InChI is InChI=1S/C18H19N9O/c1-9-6-15(26-24-9)22-16-11-4-5-19-8-14(11)21-18(23-16)20-10-2-3-12-13(7-10)25-27-17(12)28/h2-3,6-7,19H,4-5,8H2,1H3,(H2,25,27,28)(H3,20,21,22,23,24,26). The van der Waals surface area contributed by atoms with Gasteiger partial charge in [0, 0.05) is 29.6 Å². The Balaban J connectivity index is 1.51. The van der Waals surface area contributed by atoms with Crippen LogP contribution in [0.15, 0.2) is 29.1 Å². The van der Waals surface area contributed by atoms with Crippen LogP contribution in [0.3, 0.4) is 0 Å². The Labute approximate surface area is 159 Å². The summed E-state index contributed by atoms with van der Waals surface area (Å²) < 4.78 is 0. The molecular formula is C18H19N9O. The molecule has 3 aromatic heterocycles. The Morgan fingerprint density at radius 2 is 2.04 bits per heavy atom. The van der Waals surface area contributed by atoms with E-state index in [-0.39, 0.29) is 5.56 Å². The first-order chi connectivity index (χ1) is 13.7. The van der Waals surface area contributed by atoms with Gasteiger partial charge in [-0.15, -0.1) is 0 Å². The van der Waals surface area contributed by atoms with Gasteiger partial charge in [0.15, 0.2) is 5.82 Å². The predicted octanol–water partition coefficient (Wildman–Crippen LogP) is 1.81. The van der Waals surface area contributed by atoms with Crippen molar-refractivity contribution in [2.24, 2.45) is 0 Å². The Bertz CT molecular complexity index is 1220. The monoisotopic (exact) mass is 377 g/mol. The molecule has 0 radical (unpaired) electrons. The number of nitrogens with one attached hydrogen (secondary N) is 6. The van der Waals surface area contributed by atoms with Crippen molar-refractivity contribution in [3.05, 3.63) is 51.6 Å². The molecule has 0 bridgehead atoms. The highest BCUT2D eigenvalue weighted by Gasteiger charge is 2.18. The molecule has 0 spiro atoms. The number of fused-ring (bicyclic) bond motifs is 2. The number of nitrogens with zero attached hydrogens (tertiary/aromatic N) is 3. The third-order valence-corrected chi connectivity index (χ3v) is 4.72. The fourth-order valence-electron chi connectivity index (χ4n) is 3.37. The second-order valence-electron chi connectivity index (χ2n) is 6.77. The second-order valence-corrected chi connectivity index (χ2v) is 6.77. The van der Waals surface area contributed by atoms with Gasteiger partial charge in [-0.05, 0) is 38.1 Å². The van der Waals surface area contributed by atoms with Crippen LogP contribution in [0.1, 0.15) is 17.0 Å². The van der Waals surface area contributed by atoms with Crippen molar-refractivity contribution in [2.45, 2.75) is 19.9 Å². The SMILES string of the molecule is Cc1cc(Nc2nc(Nc3ccc4c(=O)[nH][nH]c4c3)nc3c2CCNC3)n[nH]1. The van der Waals surface area contributed by atoms with Crippen molar-refractivity contribution in [2.75, 3.05) is 17.2 Å². The third kappa shape index (κ3) is 2.99. The molecule has 0 saturated heterocycles. The van der Waals surface area contributed by atoms with Gasteiger partial charge in [-0.3, -0.25) is 20.1 Å². The van der Waals surface area contributed by atoms with Crippen molar-refractivity contribution in [3.63, 3.8) is 0 Å². The normalized spacial score (nSPS) is 13.5. The van der Waals surface area contributed by atoms with E-state index in [9.17, 15) is 4.79 Å². The van der Waals surface area contributed by atoms with E-state index >= 15 is 0 Å². The van der Waals surface area contributed by atoms with Crippen LogP contribution < -0.4 is 21.5 Å². The van der Waals surface area contributed by atoms with E-state index in [1.54, 1.807) is 6.07 Å². The van der Waals surface area contributed by atoms with Crippen molar-refractivity contribution < 1.29 is 0 Å². The molecule has 1 aromatic carbocycles. The number of aryl methyl sites for hydroxylation is 1. The molecule has 1 aliphatic heterocycles. The summed E-state index contributed by atoms with van der Waals surface area (Å²) in [5.74, 6) is 1.94. The second kappa shape index (κ2) is 6.50. The molecule has 4 heterocycles. The van der Waals surface area contributed by atoms with Crippen molar-refractivity contribution in [3.8, 4) is 0 Å². The fourth-order valence-corrected chi connectivity index (χ4v) is 3.37. The minimum atomic E-state index is -0.140. The van der Waals surface area contributed by atoms with Crippen LogP contribution in [0, 0.1) is 6.92 Å². The first kappa shape index (κ1) is 16.5. The topological polar surface area (TPSA) is 139 Å². The van der Waals surface area contributed by atoms with Gasteiger partial charge in [0.25, 0.3) is 5.56 Å². The Kier molecular flexibility index (Phi) is 3.83. The molecule has 0 aliphatic carbocycles. The summed E-state index contributed by atoms with van der Waals surface area (Å²) in [4.78, 5) is 21.0. The number of hydrogen-bond donors (Lipinski definition) is 6. The van der Waals surface area contributed by atoms with Crippen molar-refractivity contribution >= 4 is 34.2 Å². The van der Waals surface area contributed by atoms with Crippen LogP contribution >= 0.6 is 0 Å². The molecule has 0 amide bonds. The van der Waals surface area contributed by atoms with Crippen LogP contribution in [0.5, 0.6) is 0 Å². The third-order valence-electron chi connectivity index (χ3n) is 4.72. The van der Waals surface area contributed by atoms with Gasteiger partial charge >= 0.3 is 0 Å². The molecule has 0 fully saturated rings. The van der Waals surface area contributed by atoms with E-state index in [0.29, 0.717) is 23.7 Å². The van der Waals surface area contributed by atoms with Gasteiger partial charge < -0.3 is 16.0 Å². The number of anilines is 4. The highest BCUT2D eigenvalue weighted by atomic mass is 16.1. The number of benzene rings is 1. The molecule has 6 N–H and O–H groups in total. The summed E-state index contributed by atoms with van der Waals surface area (Å²) in [6.45, 7) is 3.52. The molecular weight excluding hydrogens is 358 g/mol. The zero-order valence-electron chi connectivity index (χ0n) is 15.2. The van der Waals surface area contributed by atoms with E-state index in [1.807, 2.05) is 25.1 Å². The van der Waals surface area contributed by atoms with Crippen LogP contribution in [0.2, 0.25) is 0 Å². The van der Waals surface area contributed by atoms with Gasteiger partial charge in [-0.2, -0.15) is 10.1 Å². The van der Waals surface area contributed by atoms with E-state index in [4.69, 9.17) is 0 Å². The first-order valence-corrected chi connectivity index (χ1v) is 9.03. The average Bonchev–Trinajstić information content (AvgIpc) is 3.27. The average molecular weight is 377 g/mol. The molecule has 142 valence electrons. The maximum Gasteiger partial charge on any atom is 0.271 e. The quantitative estimate of drug-likeness (QED) is 0.319. The van der Waals surface area contributed by atoms with E-state index in [0.717, 1.165) is 46.9 Å². The number of H-pyrrole nitrogens is 3. The summed E-state index contributed by atoms with van der Waals surface area (Å²) in [6.07, 6.45) is 0.845. The molecule has 4 aromatic rings. The van der Waals surface area contributed by atoms with E-state index in [1.165, 1.54) is 0 Å². The van der Waals surface area contributed by atoms with Crippen LogP contribution in [-0.4, -0.2) is 36.9 Å². The Morgan fingerprint density at radius 3 is 2.89 bits per heavy atom. The minimum Gasteiger partial charge on any atom is -0.324 e. The molecule has 28 heavy (non-hydrogen) atoms. The lowest BCUT2D eigenvalue weighted by Crippen LogP contribution is -2.26. The van der Waals surface area contributed by atoms with Crippen LogP contribution in [0.4, 0.5) is 23.3 Å². The predicted molar refractivity (Wildman–Crippen MR) is 106 cm³/mol. The van der Waals surface area contributed by atoms with Gasteiger partial charge in [0.2, 0.25) is 5.95 Å². The van der Waals surface area contributed by atoms with Crippen LogP contribution in [-0.2, 0) is 13.0 Å². The van der Waals surface area contributed by atoms with E-state index < -0.39 is 0 Å². The molecule has 10 heteroatoms. The number of aromatic amines is 3. The lowest BCUT2D eigenvalue weighted by atomic mass is 10.1. The largest absolute Gasteiger partial charge is 0.324 e. The molecule has 0 atom stereocenters. The molecule has 1 aliphatic rings. The highest BCUT2D eigenvalue weighted by Crippen LogP contribution is 2.26. The smallest absolute Gasteiger partial charge is 0.271 e. The zero-order chi connectivity index (χ0) is 19.1. The molecule has 0 saturated carbocycles. The van der Waals surface area contributed by atoms with E-state index in [2.05, 4.69) is 46.3 Å². The Hall–Kier alpha value is -3.66. The van der Waals surface area contributed by atoms with Crippen molar-refractivity contribution in [1.29, 1.82) is 0 Å². The van der Waals surface area contributed by atoms with Crippen molar-refractivity contribution in [1.82, 2.24) is 35.7 Å². The molecule has 5 rings (SSSR count). The number of hydrogen-bond acceptors (Lipinski definition) is 7. The summed E-state index contributed by atoms with van der Waals surface area (Å²) >= 11 is 0. The van der Waals surface area contributed by atoms with Gasteiger partial charge in [0.05, 0.1) is 16.6 Å². The van der Waals surface area contributed by atoms with Gasteiger partial charge in [-0.1, -0.05) is 0 Å². The lowest BCUT2D eigenvalue weighted by Gasteiger charge is -2.20. The summed E-state index contributed by atoms with van der Waals surface area (Å²) in [7, 11) is 0. The summed E-state index contributed by atoms with van der Waals surface area (Å²) in [6, 6.07) is 7.37. The number of rotatable bonds is 4. The summed E-state index contributed by atoms with van der Waals surface area (Å²) in [5.41, 5.74) is 4.38. The highest BCUT2D eigenvalue weighted by molar-refractivity contribution is 5.82. The lowest BCUT2D eigenvalue weighted by molar-refractivity contribution is 0.626. The minimum absolute atomic E-state index is 0.140. The fraction of sp³-hybridized carbons (Fsp3) is 0.222. The zero-order valence-corrected chi connectivity index (χ0v) is 15.2. The molecule has 0 unspecified atom stereocenters. The molecule has 10 nitrogen and oxygen atoms in total. The maximum atomic E-state index is 11.7. The van der Waals surface area contributed by atoms with Gasteiger partial charge in [0.1, 0.15) is 5.82 Å². The first-order valence-electron chi connectivity index (χ1n) is 9.03. The summed E-state index contributed by atoms with van der Waals surface area (Å²) in [5, 5.41) is 23.1. The number of aromatic nitrogens is 6. The van der Waals surface area contributed by atoms with Gasteiger partial charge in [-0.25, -0.2) is 4.98 Å². The maximum absolute atomic E-state index is 11.7. The Morgan fingerprint density at radius 1 is 1.11 bits per heavy atom. The van der Waals surface area contributed by atoms with Crippen LogP contribution in [0.25, 0.3) is 10.9 Å².